The number of aromatic nitrogens is 2. The lowest BCUT2D eigenvalue weighted by molar-refractivity contribution is -0.139. The first-order valence-electron chi connectivity index (χ1n) is 9.42. The highest BCUT2D eigenvalue weighted by Gasteiger charge is 2.31. The molecule has 1 N–H and O–H groups in total. The van der Waals surface area contributed by atoms with Gasteiger partial charge in [-0.05, 0) is 43.4 Å². The van der Waals surface area contributed by atoms with Crippen molar-refractivity contribution < 1.29 is 14.3 Å². The van der Waals surface area contributed by atoms with E-state index in [4.69, 9.17) is 4.74 Å². The molecule has 4 rings (SSSR count). The van der Waals surface area contributed by atoms with E-state index in [0.29, 0.717) is 18.8 Å². The lowest BCUT2D eigenvalue weighted by atomic mass is 9.99. The van der Waals surface area contributed by atoms with Crippen LogP contribution in [0.15, 0.2) is 30.3 Å². The first-order valence-corrected chi connectivity index (χ1v) is 9.42. The van der Waals surface area contributed by atoms with E-state index < -0.39 is 0 Å². The fourth-order valence-corrected chi connectivity index (χ4v) is 4.06. The number of fused-ring (bicyclic) bond motifs is 1. The van der Waals surface area contributed by atoms with Gasteiger partial charge < -0.3 is 14.5 Å². The minimum atomic E-state index is -0.104. The molecule has 2 aliphatic heterocycles. The molecule has 0 saturated carbocycles. The minimum Gasteiger partial charge on any atom is -0.375 e. The van der Waals surface area contributed by atoms with Crippen molar-refractivity contribution in [3.63, 3.8) is 0 Å². The molecule has 1 saturated heterocycles. The predicted molar refractivity (Wildman–Crippen MR) is 101 cm³/mol. The number of aromatic amines is 1. The van der Waals surface area contributed by atoms with E-state index >= 15 is 0 Å². The Kier molecular flexibility index (Phi) is 4.94. The molecule has 0 spiro atoms. The summed E-state index contributed by atoms with van der Waals surface area (Å²) in [7, 11) is 1.53. The van der Waals surface area contributed by atoms with Crippen molar-refractivity contribution >= 4 is 17.5 Å². The molecule has 142 valence electrons. The van der Waals surface area contributed by atoms with Crippen molar-refractivity contribution in [3.8, 4) is 0 Å². The predicted octanol–water partition coefficient (Wildman–Crippen LogP) is 2.31. The quantitative estimate of drug-likeness (QED) is 0.898. The van der Waals surface area contributed by atoms with E-state index in [9.17, 15) is 9.59 Å². The number of methoxy groups -OCH3 is 1. The molecule has 0 aliphatic carbocycles. The van der Waals surface area contributed by atoms with Gasteiger partial charge in [0.05, 0.1) is 11.7 Å². The Labute approximate surface area is 158 Å². The number of rotatable bonds is 4. The highest BCUT2D eigenvalue weighted by atomic mass is 16.5. The van der Waals surface area contributed by atoms with Gasteiger partial charge in [-0.3, -0.25) is 14.7 Å². The molecule has 1 fully saturated rings. The van der Waals surface area contributed by atoms with E-state index in [0.717, 1.165) is 37.1 Å². The standard InChI is InChI=1S/C20H24N4O3/c1-27-13-19(25)23-10-5-4-8-18(23)15-12-16(22-21-15)20(26)24-11-9-14-6-2-3-7-17(14)24/h2-3,6-7,12,18H,4-5,8-11,13H2,1H3,(H,21,22). The van der Waals surface area contributed by atoms with Gasteiger partial charge in [0.1, 0.15) is 6.61 Å². The average Bonchev–Trinajstić information content (AvgIpc) is 3.35. The minimum absolute atomic E-state index is 0.0295. The van der Waals surface area contributed by atoms with E-state index in [1.54, 1.807) is 11.0 Å². The third kappa shape index (κ3) is 3.35. The Morgan fingerprint density at radius 1 is 1.26 bits per heavy atom. The molecule has 1 atom stereocenters. The smallest absolute Gasteiger partial charge is 0.278 e. The number of benzene rings is 1. The Morgan fingerprint density at radius 2 is 2.11 bits per heavy atom. The van der Waals surface area contributed by atoms with Gasteiger partial charge in [-0.2, -0.15) is 5.10 Å². The SMILES string of the molecule is COCC(=O)N1CCCCC1c1cc(C(=O)N2CCc3ccccc32)n[nH]1. The van der Waals surface area contributed by atoms with E-state index in [-0.39, 0.29) is 24.5 Å². The number of carbonyl (C=O) groups is 2. The number of hydrogen-bond acceptors (Lipinski definition) is 4. The fraction of sp³-hybridized carbons (Fsp3) is 0.450. The summed E-state index contributed by atoms with van der Waals surface area (Å²) in [5.74, 6) is -0.133. The van der Waals surface area contributed by atoms with Gasteiger partial charge in [0.2, 0.25) is 5.91 Å². The number of hydrogen-bond donors (Lipinski definition) is 1. The Bertz CT molecular complexity index is 847. The van der Waals surface area contributed by atoms with Crippen LogP contribution >= 0.6 is 0 Å². The summed E-state index contributed by atoms with van der Waals surface area (Å²) in [5.41, 5.74) is 3.35. The number of piperidine rings is 1. The van der Waals surface area contributed by atoms with Gasteiger partial charge in [-0.25, -0.2) is 0 Å². The maximum Gasteiger partial charge on any atom is 0.278 e. The van der Waals surface area contributed by atoms with Crippen molar-refractivity contribution in [1.29, 1.82) is 0 Å². The third-order valence-corrected chi connectivity index (χ3v) is 5.40. The van der Waals surface area contributed by atoms with E-state index in [1.807, 2.05) is 23.1 Å². The van der Waals surface area contributed by atoms with Crippen LogP contribution in [0.1, 0.15) is 47.1 Å². The number of likely N-dealkylation sites (tertiary alicyclic amines) is 1. The zero-order chi connectivity index (χ0) is 18.8. The number of amides is 2. The summed E-state index contributed by atoms with van der Waals surface area (Å²) in [6.45, 7) is 1.44. The van der Waals surface area contributed by atoms with Crippen LogP contribution in [0.4, 0.5) is 5.69 Å². The number of anilines is 1. The summed E-state index contributed by atoms with van der Waals surface area (Å²) < 4.78 is 5.01. The second kappa shape index (κ2) is 7.52. The number of nitrogens with one attached hydrogen (secondary N) is 1. The molecule has 2 aromatic rings. The van der Waals surface area contributed by atoms with Crippen LogP contribution in [-0.2, 0) is 16.0 Å². The number of H-pyrrole nitrogens is 1. The highest BCUT2D eigenvalue weighted by Crippen LogP contribution is 2.32. The van der Waals surface area contributed by atoms with Crippen LogP contribution in [0.2, 0.25) is 0 Å². The number of ether oxygens (including phenoxy) is 1. The average molecular weight is 368 g/mol. The largest absolute Gasteiger partial charge is 0.375 e. The van der Waals surface area contributed by atoms with Crippen LogP contribution in [0.3, 0.4) is 0 Å². The highest BCUT2D eigenvalue weighted by molar-refractivity contribution is 6.06. The van der Waals surface area contributed by atoms with Crippen molar-refractivity contribution in [2.75, 3.05) is 31.7 Å². The molecule has 1 unspecified atom stereocenters. The number of nitrogens with zero attached hydrogens (tertiary/aromatic N) is 3. The molecule has 7 nitrogen and oxygen atoms in total. The van der Waals surface area contributed by atoms with Crippen molar-refractivity contribution in [3.05, 3.63) is 47.3 Å². The van der Waals surface area contributed by atoms with Gasteiger partial charge in [0.25, 0.3) is 5.91 Å². The van der Waals surface area contributed by atoms with Gasteiger partial charge in [0, 0.05) is 25.9 Å². The summed E-state index contributed by atoms with van der Waals surface area (Å²) >= 11 is 0. The first-order chi connectivity index (χ1) is 13.2. The Balaban J connectivity index is 1.54. The van der Waals surface area contributed by atoms with Gasteiger partial charge in [-0.1, -0.05) is 18.2 Å². The van der Waals surface area contributed by atoms with Gasteiger partial charge >= 0.3 is 0 Å². The summed E-state index contributed by atoms with van der Waals surface area (Å²) in [6.07, 6.45) is 3.75. The summed E-state index contributed by atoms with van der Waals surface area (Å²) in [6, 6.07) is 9.68. The third-order valence-electron chi connectivity index (χ3n) is 5.40. The number of para-hydroxylation sites is 1. The van der Waals surface area contributed by atoms with Gasteiger partial charge in [0.15, 0.2) is 5.69 Å². The van der Waals surface area contributed by atoms with E-state index in [1.165, 1.54) is 12.7 Å². The molecule has 7 heteroatoms. The summed E-state index contributed by atoms with van der Waals surface area (Å²) in [4.78, 5) is 28.9. The zero-order valence-corrected chi connectivity index (χ0v) is 15.5. The maximum atomic E-state index is 13.0. The van der Waals surface area contributed by atoms with Crippen molar-refractivity contribution in [2.24, 2.45) is 0 Å². The van der Waals surface area contributed by atoms with Crippen LogP contribution < -0.4 is 4.90 Å². The topological polar surface area (TPSA) is 78.5 Å². The molecular weight excluding hydrogens is 344 g/mol. The van der Waals surface area contributed by atoms with Crippen LogP contribution in [0, 0.1) is 0 Å². The summed E-state index contributed by atoms with van der Waals surface area (Å²) in [5, 5.41) is 7.26. The molecule has 0 radical (unpaired) electrons. The fourth-order valence-electron chi connectivity index (χ4n) is 4.06. The molecule has 2 aliphatic rings. The Hall–Kier alpha value is -2.67. The van der Waals surface area contributed by atoms with E-state index in [2.05, 4.69) is 16.3 Å². The van der Waals surface area contributed by atoms with Crippen LogP contribution in [-0.4, -0.2) is 53.7 Å². The molecule has 2 amide bonds. The maximum absolute atomic E-state index is 13.0. The van der Waals surface area contributed by atoms with Crippen LogP contribution in [0.25, 0.3) is 0 Å². The first kappa shape index (κ1) is 17.7. The molecule has 0 bridgehead atoms. The molecule has 3 heterocycles. The second-order valence-electron chi connectivity index (χ2n) is 7.08. The lowest BCUT2D eigenvalue weighted by Gasteiger charge is -2.34. The normalized spacial score (nSPS) is 19.2. The molecule has 27 heavy (non-hydrogen) atoms. The molecule has 1 aromatic carbocycles. The zero-order valence-electron chi connectivity index (χ0n) is 15.5. The van der Waals surface area contributed by atoms with Gasteiger partial charge in [-0.15, -0.1) is 0 Å². The molecular formula is C20H24N4O3. The Morgan fingerprint density at radius 3 is 2.96 bits per heavy atom. The molecule has 1 aromatic heterocycles. The van der Waals surface area contributed by atoms with Crippen molar-refractivity contribution in [2.45, 2.75) is 31.7 Å². The van der Waals surface area contributed by atoms with Crippen molar-refractivity contribution in [1.82, 2.24) is 15.1 Å². The lowest BCUT2D eigenvalue weighted by Crippen LogP contribution is -2.40. The second-order valence-corrected chi connectivity index (χ2v) is 7.08. The number of carbonyl (C=O) groups excluding carboxylic acids is 2. The van der Waals surface area contributed by atoms with Crippen LogP contribution in [0.5, 0.6) is 0 Å². The monoisotopic (exact) mass is 368 g/mol.